The summed E-state index contributed by atoms with van der Waals surface area (Å²) in [6.07, 6.45) is 8.67. The third kappa shape index (κ3) is 3.58. The zero-order chi connectivity index (χ0) is 14.5. The average Bonchev–Trinajstić information content (AvgIpc) is 3.05. The van der Waals surface area contributed by atoms with Crippen LogP contribution in [-0.4, -0.2) is 50.3 Å². The van der Waals surface area contributed by atoms with Crippen molar-refractivity contribution in [2.75, 3.05) is 25.0 Å². The van der Waals surface area contributed by atoms with Gasteiger partial charge >= 0.3 is 0 Å². The van der Waals surface area contributed by atoms with Crippen molar-refractivity contribution in [3.8, 4) is 5.82 Å². The largest absolute Gasteiger partial charge is 0.381 e. The van der Waals surface area contributed by atoms with E-state index in [2.05, 4.69) is 38.3 Å². The van der Waals surface area contributed by atoms with Crippen molar-refractivity contribution in [3.05, 3.63) is 31.0 Å². The van der Waals surface area contributed by atoms with Gasteiger partial charge in [0.05, 0.1) is 11.9 Å². The van der Waals surface area contributed by atoms with Gasteiger partial charge in [-0.15, -0.1) is 0 Å². The molecule has 21 heavy (non-hydrogen) atoms. The number of anilines is 1. The first-order valence-corrected chi connectivity index (χ1v) is 7.65. The number of piperidine rings is 1. The molecule has 0 amide bonds. The van der Waals surface area contributed by atoms with Crippen LogP contribution in [0.15, 0.2) is 31.0 Å². The summed E-state index contributed by atoms with van der Waals surface area (Å²) < 4.78 is 1.66. The third-order valence-corrected chi connectivity index (χ3v) is 3.90. The van der Waals surface area contributed by atoms with Crippen LogP contribution in [0, 0.1) is 0 Å². The quantitative estimate of drug-likeness (QED) is 0.910. The van der Waals surface area contributed by atoms with Gasteiger partial charge < -0.3 is 10.2 Å². The summed E-state index contributed by atoms with van der Waals surface area (Å²) in [5.74, 6) is 0.788. The monoisotopic (exact) mass is 286 g/mol. The van der Waals surface area contributed by atoms with Crippen LogP contribution in [0.25, 0.3) is 5.82 Å². The predicted molar refractivity (Wildman–Crippen MR) is 82.5 cm³/mol. The van der Waals surface area contributed by atoms with Crippen molar-refractivity contribution in [2.45, 2.75) is 32.2 Å². The van der Waals surface area contributed by atoms with E-state index in [1.54, 1.807) is 11.0 Å². The molecule has 1 fully saturated rings. The maximum atomic E-state index is 4.42. The Morgan fingerprint density at radius 3 is 2.76 bits per heavy atom. The summed E-state index contributed by atoms with van der Waals surface area (Å²) in [4.78, 5) is 10.9. The van der Waals surface area contributed by atoms with Crippen molar-refractivity contribution in [1.82, 2.24) is 24.6 Å². The van der Waals surface area contributed by atoms with E-state index in [9.17, 15) is 0 Å². The van der Waals surface area contributed by atoms with Crippen LogP contribution in [0.5, 0.6) is 0 Å². The van der Waals surface area contributed by atoms with Gasteiger partial charge in [-0.1, -0.05) is 6.92 Å². The molecule has 1 saturated heterocycles. The molecule has 0 saturated carbocycles. The number of pyridine rings is 1. The third-order valence-electron chi connectivity index (χ3n) is 3.90. The second-order valence-corrected chi connectivity index (χ2v) is 5.51. The fraction of sp³-hybridized carbons (Fsp3) is 0.533. The van der Waals surface area contributed by atoms with Crippen LogP contribution in [0.1, 0.15) is 26.2 Å². The Morgan fingerprint density at radius 1 is 1.29 bits per heavy atom. The van der Waals surface area contributed by atoms with Gasteiger partial charge in [-0.05, 0) is 37.9 Å². The van der Waals surface area contributed by atoms with Crippen LogP contribution in [0.2, 0.25) is 0 Å². The highest BCUT2D eigenvalue weighted by Crippen LogP contribution is 2.17. The van der Waals surface area contributed by atoms with Gasteiger partial charge in [0.2, 0.25) is 0 Å². The summed E-state index contributed by atoms with van der Waals surface area (Å²) in [6, 6.07) is 4.57. The van der Waals surface area contributed by atoms with E-state index in [4.69, 9.17) is 0 Å². The number of hydrogen-bond acceptors (Lipinski definition) is 5. The Hall–Kier alpha value is -1.95. The smallest absolute Gasteiger partial charge is 0.155 e. The fourth-order valence-electron chi connectivity index (χ4n) is 2.79. The molecule has 6 nitrogen and oxygen atoms in total. The zero-order valence-corrected chi connectivity index (χ0v) is 12.4. The normalized spacial score (nSPS) is 17.0. The lowest BCUT2D eigenvalue weighted by atomic mass is 10.0. The number of hydrogen-bond donors (Lipinski definition) is 1. The van der Waals surface area contributed by atoms with E-state index in [1.165, 1.54) is 45.2 Å². The number of nitrogens with one attached hydrogen (secondary N) is 1. The molecule has 0 bridgehead atoms. The number of nitrogens with zero attached hydrogens (tertiary/aromatic N) is 5. The molecule has 3 rings (SSSR count). The van der Waals surface area contributed by atoms with Crippen LogP contribution < -0.4 is 5.32 Å². The molecule has 0 unspecified atom stereocenters. The first-order chi connectivity index (χ1) is 10.3. The summed E-state index contributed by atoms with van der Waals surface area (Å²) in [6.45, 7) is 5.85. The van der Waals surface area contributed by atoms with Crippen molar-refractivity contribution < 1.29 is 0 Å². The first-order valence-electron chi connectivity index (χ1n) is 7.65. The molecule has 0 aliphatic carbocycles. The van der Waals surface area contributed by atoms with Gasteiger partial charge in [-0.3, -0.25) is 0 Å². The second-order valence-electron chi connectivity index (χ2n) is 5.51. The van der Waals surface area contributed by atoms with Gasteiger partial charge in [0, 0.05) is 19.1 Å². The molecule has 6 heteroatoms. The van der Waals surface area contributed by atoms with Gasteiger partial charge in [0.15, 0.2) is 5.82 Å². The average molecular weight is 286 g/mol. The second kappa shape index (κ2) is 6.67. The van der Waals surface area contributed by atoms with E-state index in [-0.39, 0.29) is 0 Å². The SMILES string of the molecule is CCCN1CCC(Nc2ccc(-n3cncn3)nc2)CC1. The Kier molecular flexibility index (Phi) is 4.45. The van der Waals surface area contributed by atoms with Gasteiger partial charge in [-0.25, -0.2) is 14.6 Å². The topological polar surface area (TPSA) is 58.9 Å². The van der Waals surface area contributed by atoms with Crippen molar-refractivity contribution in [1.29, 1.82) is 0 Å². The minimum Gasteiger partial charge on any atom is -0.381 e. The van der Waals surface area contributed by atoms with Crippen molar-refractivity contribution in [3.63, 3.8) is 0 Å². The molecular weight excluding hydrogens is 264 g/mol. The van der Waals surface area contributed by atoms with Gasteiger partial charge in [0.25, 0.3) is 0 Å². The zero-order valence-electron chi connectivity index (χ0n) is 12.4. The molecule has 1 aliphatic heterocycles. The van der Waals surface area contributed by atoms with E-state index >= 15 is 0 Å². The number of aromatic nitrogens is 4. The van der Waals surface area contributed by atoms with Crippen LogP contribution in [0.4, 0.5) is 5.69 Å². The van der Waals surface area contributed by atoms with E-state index in [1.807, 2.05) is 12.3 Å². The summed E-state index contributed by atoms with van der Waals surface area (Å²) in [5.41, 5.74) is 1.08. The van der Waals surface area contributed by atoms with E-state index in [0.717, 1.165) is 11.5 Å². The summed E-state index contributed by atoms with van der Waals surface area (Å²) in [5, 5.41) is 7.66. The fourth-order valence-corrected chi connectivity index (χ4v) is 2.79. The molecule has 3 heterocycles. The molecule has 2 aromatic rings. The molecule has 0 aromatic carbocycles. The van der Waals surface area contributed by atoms with Gasteiger partial charge in [0.1, 0.15) is 12.7 Å². The Bertz CT molecular complexity index is 528. The molecule has 1 N–H and O–H groups in total. The van der Waals surface area contributed by atoms with Crippen molar-refractivity contribution >= 4 is 5.69 Å². The van der Waals surface area contributed by atoms with Crippen molar-refractivity contribution in [2.24, 2.45) is 0 Å². The Morgan fingerprint density at radius 2 is 2.14 bits per heavy atom. The van der Waals surface area contributed by atoms with Crippen LogP contribution in [0.3, 0.4) is 0 Å². The molecule has 2 aromatic heterocycles. The molecule has 0 spiro atoms. The van der Waals surface area contributed by atoms with Crippen LogP contribution >= 0.6 is 0 Å². The van der Waals surface area contributed by atoms with Crippen LogP contribution in [-0.2, 0) is 0 Å². The lowest BCUT2D eigenvalue weighted by Crippen LogP contribution is -2.39. The summed E-state index contributed by atoms with van der Waals surface area (Å²) >= 11 is 0. The first kappa shape index (κ1) is 14.0. The lowest BCUT2D eigenvalue weighted by Gasteiger charge is -2.32. The van der Waals surface area contributed by atoms with E-state index < -0.39 is 0 Å². The lowest BCUT2D eigenvalue weighted by molar-refractivity contribution is 0.219. The molecule has 112 valence electrons. The summed E-state index contributed by atoms with van der Waals surface area (Å²) in [7, 11) is 0. The molecular formula is C15H22N6. The highest BCUT2D eigenvalue weighted by molar-refractivity contribution is 5.44. The van der Waals surface area contributed by atoms with E-state index in [0.29, 0.717) is 6.04 Å². The minimum atomic E-state index is 0.553. The maximum Gasteiger partial charge on any atom is 0.155 e. The molecule has 0 radical (unpaired) electrons. The highest BCUT2D eigenvalue weighted by Gasteiger charge is 2.18. The van der Waals surface area contributed by atoms with Gasteiger partial charge in [-0.2, -0.15) is 5.10 Å². The predicted octanol–water partition coefficient (Wildman–Crippen LogP) is 1.95. The standard InChI is InChI=1S/C15H22N6/c1-2-7-20-8-5-13(6-9-20)19-14-3-4-15(17-10-14)21-12-16-11-18-21/h3-4,10-13,19H,2,5-9H2,1H3. The number of rotatable bonds is 5. The molecule has 1 aliphatic rings. The number of likely N-dealkylation sites (tertiary alicyclic amines) is 1. The Labute approximate surface area is 125 Å². The highest BCUT2D eigenvalue weighted by atomic mass is 15.3. The minimum absolute atomic E-state index is 0.553. The molecule has 0 atom stereocenters. The Balaban J connectivity index is 1.54. The maximum absolute atomic E-state index is 4.42.